The van der Waals surface area contributed by atoms with Gasteiger partial charge in [-0.3, -0.25) is 4.98 Å². The molecule has 1 N–H and O–H groups in total. The molecule has 5 nitrogen and oxygen atoms in total. The van der Waals surface area contributed by atoms with E-state index in [-0.39, 0.29) is 6.10 Å². The van der Waals surface area contributed by atoms with Crippen molar-refractivity contribution in [1.82, 2.24) is 20.3 Å². The molecule has 1 aliphatic heterocycles. The molecule has 23 heavy (non-hydrogen) atoms. The molecule has 4 heterocycles. The minimum absolute atomic E-state index is 0.255. The number of thiazole rings is 1. The first kappa shape index (κ1) is 14.8. The Hall–Kier alpha value is -1.76. The average molecular weight is 347 g/mol. The summed E-state index contributed by atoms with van der Waals surface area (Å²) in [6.07, 6.45) is 5.96. The predicted molar refractivity (Wildman–Crippen MR) is 92.2 cm³/mol. The number of fused-ring (bicyclic) bond motifs is 1. The number of rotatable bonds is 3. The normalized spacial score (nSPS) is 15.9. The van der Waals surface area contributed by atoms with E-state index >= 15 is 0 Å². The molecule has 3 aromatic heterocycles. The van der Waals surface area contributed by atoms with Crippen molar-refractivity contribution in [2.45, 2.75) is 18.9 Å². The summed E-state index contributed by atoms with van der Waals surface area (Å²) in [7, 11) is 0. The predicted octanol–water partition coefficient (Wildman–Crippen LogP) is 3.54. The standard InChI is InChI=1S/C16H15ClN4OS/c17-15-2-1-12-13(21-15)7-10(8-19-12)14-9-20-16(23-14)22-11-3-5-18-6-4-11/h1-2,7-9,11,18H,3-6H2. The number of pyridine rings is 2. The van der Waals surface area contributed by atoms with Crippen molar-refractivity contribution >= 4 is 34.0 Å². The monoisotopic (exact) mass is 346 g/mol. The summed E-state index contributed by atoms with van der Waals surface area (Å²) in [6, 6.07) is 5.59. The van der Waals surface area contributed by atoms with Gasteiger partial charge in [-0.25, -0.2) is 9.97 Å². The van der Waals surface area contributed by atoms with Crippen molar-refractivity contribution in [2.75, 3.05) is 13.1 Å². The molecular formula is C16H15ClN4OS. The van der Waals surface area contributed by atoms with E-state index in [0.29, 0.717) is 10.3 Å². The second-order valence-electron chi connectivity index (χ2n) is 5.45. The number of ether oxygens (including phenoxy) is 1. The van der Waals surface area contributed by atoms with E-state index in [9.17, 15) is 0 Å². The first-order valence-corrected chi connectivity index (χ1v) is 8.73. The van der Waals surface area contributed by atoms with Gasteiger partial charge in [-0.05, 0) is 44.1 Å². The van der Waals surface area contributed by atoms with Crippen LogP contribution in [0, 0.1) is 0 Å². The SMILES string of the molecule is Clc1ccc2ncc(-c3cnc(OC4CCNCC4)s3)cc2n1. The highest BCUT2D eigenvalue weighted by Gasteiger charge is 2.16. The highest BCUT2D eigenvalue weighted by atomic mass is 35.5. The summed E-state index contributed by atoms with van der Waals surface area (Å²) >= 11 is 7.49. The molecule has 0 radical (unpaired) electrons. The summed E-state index contributed by atoms with van der Waals surface area (Å²) < 4.78 is 5.97. The first-order valence-electron chi connectivity index (χ1n) is 7.54. The van der Waals surface area contributed by atoms with Gasteiger partial charge in [0.25, 0.3) is 5.19 Å². The van der Waals surface area contributed by atoms with Crippen molar-refractivity contribution in [3.63, 3.8) is 0 Å². The van der Waals surface area contributed by atoms with Gasteiger partial charge in [-0.1, -0.05) is 22.9 Å². The van der Waals surface area contributed by atoms with Crippen molar-refractivity contribution in [1.29, 1.82) is 0 Å². The van der Waals surface area contributed by atoms with E-state index in [2.05, 4.69) is 20.3 Å². The third kappa shape index (κ3) is 3.29. The lowest BCUT2D eigenvalue weighted by Crippen LogP contribution is -2.34. The van der Waals surface area contributed by atoms with Crippen LogP contribution in [0.5, 0.6) is 5.19 Å². The Labute approximate surface area is 142 Å². The molecule has 4 rings (SSSR count). The largest absolute Gasteiger partial charge is 0.467 e. The van der Waals surface area contributed by atoms with Crippen LogP contribution in [-0.4, -0.2) is 34.1 Å². The Morgan fingerprint density at radius 3 is 2.87 bits per heavy atom. The summed E-state index contributed by atoms with van der Waals surface area (Å²) in [5, 5.41) is 4.51. The zero-order valence-electron chi connectivity index (χ0n) is 12.3. The van der Waals surface area contributed by atoms with Crippen LogP contribution in [0.2, 0.25) is 5.15 Å². The van der Waals surface area contributed by atoms with Gasteiger partial charge in [-0.2, -0.15) is 0 Å². The second-order valence-corrected chi connectivity index (χ2v) is 6.83. The molecule has 0 saturated carbocycles. The summed E-state index contributed by atoms with van der Waals surface area (Å²) in [6.45, 7) is 2.01. The molecule has 0 amide bonds. The van der Waals surface area contributed by atoms with Gasteiger partial charge in [-0.15, -0.1) is 0 Å². The van der Waals surface area contributed by atoms with Gasteiger partial charge in [0.05, 0.1) is 15.9 Å². The number of nitrogens with zero attached hydrogens (tertiary/aromatic N) is 3. The van der Waals surface area contributed by atoms with Gasteiger partial charge >= 0.3 is 0 Å². The van der Waals surface area contributed by atoms with Crippen LogP contribution in [0.3, 0.4) is 0 Å². The Balaban J connectivity index is 1.58. The molecule has 1 aliphatic rings. The van der Waals surface area contributed by atoms with Crippen molar-refractivity contribution in [3.8, 4) is 15.6 Å². The molecule has 0 aliphatic carbocycles. The summed E-state index contributed by atoms with van der Waals surface area (Å²) in [5.74, 6) is 0. The Morgan fingerprint density at radius 1 is 1.13 bits per heavy atom. The van der Waals surface area contributed by atoms with Crippen molar-refractivity contribution in [2.24, 2.45) is 0 Å². The second kappa shape index (κ2) is 6.39. The fourth-order valence-electron chi connectivity index (χ4n) is 2.62. The van der Waals surface area contributed by atoms with Crippen LogP contribution >= 0.6 is 22.9 Å². The van der Waals surface area contributed by atoms with E-state index in [1.54, 1.807) is 6.07 Å². The molecule has 0 spiro atoms. The summed E-state index contributed by atoms with van der Waals surface area (Å²) in [5.41, 5.74) is 2.59. The highest BCUT2D eigenvalue weighted by molar-refractivity contribution is 7.16. The zero-order valence-corrected chi connectivity index (χ0v) is 13.9. The molecule has 1 saturated heterocycles. The third-order valence-electron chi connectivity index (χ3n) is 3.83. The van der Waals surface area contributed by atoms with Crippen LogP contribution < -0.4 is 10.1 Å². The minimum atomic E-state index is 0.255. The van der Waals surface area contributed by atoms with Crippen LogP contribution in [0.4, 0.5) is 0 Å². The maximum Gasteiger partial charge on any atom is 0.273 e. The first-order chi connectivity index (χ1) is 11.3. The Kier molecular flexibility index (Phi) is 4.11. The lowest BCUT2D eigenvalue weighted by Gasteiger charge is -2.22. The fraction of sp³-hybridized carbons (Fsp3) is 0.312. The van der Waals surface area contributed by atoms with Gasteiger partial charge in [0, 0.05) is 18.0 Å². The van der Waals surface area contributed by atoms with E-state index < -0.39 is 0 Å². The van der Waals surface area contributed by atoms with Crippen molar-refractivity contribution in [3.05, 3.63) is 35.7 Å². The molecule has 0 unspecified atom stereocenters. The minimum Gasteiger partial charge on any atom is -0.467 e. The van der Waals surface area contributed by atoms with Crippen LogP contribution in [0.25, 0.3) is 21.5 Å². The smallest absolute Gasteiger partial charge is 0.273 e. The molecular weight excluding hydrogens is 332 g/mol. The van der Waals surface area contributed by atoms with Crippen LogP contribution in [0.15, 0.2) is 30.6 Å². The lowest BCUT2D eigenvalue weighted by molar-refractivity contribution is 0.162. The number of hydrogen-bond donors (Lipinski definition) is 1. The van der Waals surface area contributed by atoms with Crippen molar-refractivity contribution < 1.29 is 4.74 Å². The molecule has 7 heteroatoms. The molecule has 0 atom stereocenters. The van der Waals surface area contributed by atoms with Gasteiger partial charge in [0.15, 0.2) is 0 Å². The quantitative estimate of drug-likeness (QED) is 0.735. The molecule has 1 fully saturated rings. The maximum absolute atomic E-state index is 5.97. The molecule has 0 aromatic carbocycles. The van der Waals surface area contributed by atoms with E-state index in [1.807, 2.05) is 24.5 Å². The number of hydrogen-bond acceptors (Lipinski definition) is 6. The van der Waals surface area contributed by atoms with Crippen LogP contribution in [0.1, 0.15) is 12.8 Å². The molecule has 3 aromatic rings. The van der Waals surface area contributed by atoms with Gasteiger partial charge < -0.3 is 10.1 Å². The average Bonchev–Trinajstić information content (AvgIpc) is 3.03. The Bertz CT molecular complexity index is 832. The highest BCUT2D eigenvalue weighted by Crippen LogP contribution is 2.32. The van der Waals surface area contributed by atoms with E-state index in [1.165, 1.54) is 11.3 Å². The number of halogens is 1. The number of piperidine rings is 1. The van der Waals surface area contributed by atoms with Crippen LogP contribution in [-0.2, 0) is 0 Å². The number of aromatic nitrogens is 3. The maximum atomic E-state index is 5.97. The Morgan fingerprint density at radius 2 is 2.00 bits per heavy atom. The van der Waals surface area contributed by atoms with E-state index in [4.69, 9.17) is 16.3 Å². The zero-order chi connectivity index (χ0) is 15.6. The van der Waals surface area contributed by atoms with E-state index in [0.717, 1.165) is 47.4 Å². The topological polar surface area (TPSA) is 59.9 Å². The van der Waals surface area contributed by atoms with Gasteiger partial charge in [0.1, 0.15) is 11.3 Å². The number of nitrogens with one attached hydrogen (secondary N) is 1. The lowest BCUT2D eigenvalue weighted by atomic mass is 10.1. The third-order valence-corrected chi connectivity index (χ3v) is 4.97. The molecule has 0 bridgehead atoms. The molecule has 118 valence electrons. The summed E-state index contributed by atoms with van der Waals surface area (Å²) in [4.78, 5) is 14.1. The fourth-order valence-corrected chi connectivity index (χ4v) is 3.59. The van der Waals surface area contributed by atoms with Gasteiger partial charge in [0.2, 0.25) is 0 Å².